The zero-order valence-electron chi connectivity index (χ0n) is 17.3. The van der Waals surface area contributed by atoms with Gasteiger partial charge in [-0.15, -0.1) is 0 Å². The minimum Gasteiger partial charge on any atom is -0.300 e. The fourth-order valence-corrected chi connectivity index (χ4v) is 6.53. The average molecular weight is 335 g/mol. The van der Waals surface area contributed by atoms with Crippen LogP contribution in [-0.2, 0) is 4.79 Å². The summed E-state index contributed by atoms with van der Waals surface area (Å²) in [5, 5.41) is 0. The summed E-state index contributed by atoms with van der Waals surface area (Å²) in [4.78, 5) is 12.2. The van der Waals surface area contributed by atoms with Crippen LogP contribution in [0.4, 0.5) is 0 Å². The van der Waals surface area contributed by atoms with Gasteiger partial charge in [-0.2, -0.15) is 0 Å². The lowest BCUT2D eigenvalue weighted by atomic mass is 9.63. The summed E-state index contributed by atoms with van der Waals surface area (Å²) in [7, 11) is 0. The molecule has 0 radical (unpaired) electrons. The Bertz CT molecular complexity index is 424. The maximum atomic E-state index is 12.2. The zero-order valence-corrected chi connectivity index (χ0v) is 17.3. The molecule has 0 saturated heterocycles. The number of hydrogen-bond acceptors (Lipinski definition) is 1. The van der Waals surface area contributed by atoms with E-state index in [-0.39, 0.29) is 5.41 Å². The third-order valence-electron chi connectivity index (χ3n) is 8.08. The first-order valence-corrected chi connectivity index (χ1v) is 10.7. The second-order valence-corrected chi connectivity index (χ2v) is 10.1. The van der Waals surface area contributed by atoms with Crippen molar-refractivity contribution in [2.75, 3.05) is 0 Å². The van der Waals surface area contributed by atoms with Crippen LogP contribution in [0.2, 0.25) is 0 Å². The molecule has 2 aliphatic carbocycles. The summed E-state index contributed by atoms with van der Waals surface area (Å²) >= 11 is 0. The van der Waals surface area contributed by atoms with Gasteiger partial charge in [-0.3, -0.25) is 4.79 Å². The Hall–Kier alpha value is -0.330. The summed E-state index contributed by atoms with van der Waals surface area (Å²) in [5.41, 5.74) is 0.796. The van der Waals surface area contributed by atoms with E-state index in [1.54, 1.807) is 0 Å². The highest BCUT2D eigenvalue weighted by Gasteiger charge is 2.49. The first kappa shape index (κ1) is 20.0. The molecule has 0 spiro atoms. The van der Waals surface area contributed by atoms with E-state index in [1.165, 1.54) is 57.8 Å². The Morgan fingerprint density at radius 1 is 1.12 bits per heavy atom. The fourth-order valence-electron chi connectivity index (χ4n) is 6.53. The van der Waals surface area contributed by atoms with Crippen LogP contribution in [0.25, 0.3) is 0 Å². The van der Waals surface area contributed by atoms with E-state index in [0.717, 1.165) is 24.2 Å². The molecule has 24 heavy (non-hydrogen) atoms. The van der Waals surface area contributed by atoms with E-state index in [9.17, 15) is 4.79 Å². The van der Waals surface area contributed by atoms with Crippen molar-refractivity contribution < 1.29 is 4.79 Å². The monoisotopic (exact) mass is 334 g/mol. The Morgan fingerprint density at radius 2 is 1.83 bits per heavy atom. The van der Waals surface area contributed by atoms with Crippen LogP contribution < -0.4 is 0 Å². The van der Waals surface area contributed by atoms with E-state index in [2.05, 4.69) is 34.6 Å². The largest absolute Gasteiger partial charge is 0.300 e. The fraction of sp³-hybridized carbons (Fsp3) is 0.957. The molecule has 140 valence electrons. The van der Waals surface area contributed by atoms with Gasteiger partial charge in [-0.25, -0.2) is 0 Å². The third kappa shape index (κ3) is 4.07. The van der Waals surface area contributed by atoms with Crippen molar-refractivity contribution in [1.29, 1.82) is 0 Å². The van der Waals surface area contributed by atoms with Crippen molar-refractivity contribution in [1.82, 2.24) is 0 Å². The zero-order chi connectivity index (χ0) is 18.0. The number of carbonyl (C=O) groups excluding carboxylic acids is 1. The van der Waals surface area contributed by atoms with Crippen LogP contribution in [0.1, 0.15) is 106 Å². The van der Waals surface area contributed by atoms with Crippen LogP contribution in [0.15, 0.2) is 0 Å². The topological polar surface area (TPSA) is 17.1 Å². The van der Waals surface area contributed by atoms with Crippen LogP contribution >= 0.6 is 0 Å². The number of Topliss-reactive ketones (excluding diaryl/α,β-unsaturated/α-hetero) is 1. The van der Waals surface area contributed by atoms with Crippen LogP contribution in [0.3, 0.4) is 0 Å². The SMILES string of the molecule is CCC[C@@]1(C)C(C(C)CCC2CCCCC2(C)C)CC[C@@H]1C(C)=O. The molecule has 0 aromatic heterocycles. The Kier molecular flexibility index (Phi) is 6.59. The van der Waals surface area contributed by atoms with Gasteiger partial charge in [-0.1, -0.05) is 60.3 Å². The lowest BCUT2D eigenvalue weighted by Crippen LogP contribution is -2.36. The Morgan fingerprint density at radius 3 is 2.42 bits per heavy atom. The Labute approximate surface area is 151 Å². The minimum absolute atomic E-state index is 0.252. The molecule has 0 heterocycles. The Balaban J connectivity index is 2.00. The quantitative estimate of drug-likeness (QED) is 0.488. The van der Waals surface area contributed by atoms with Gasteiger partial charge >= 0.3 is 0 Å². The van der Waals surface area contributed by atoms with Crippen molar-refractivity contribution in [2.45, 2.75) is 106 Å². The third-order valence-corrected chi connectivity index (χ3v) is 8.08. The van der Waals surface area contributed by atoms with Gasteiger partial charge < -0.3 is 0 Å². The molecule has 2 fully saturated rings. The summed E-state index contributed by atoms with van der Waals surface area (Å²) in [6, 6.07) is 0. The minimum atomic E-state index is 0.252. The molecule has 0 N–H and O–H groups in total. The maximum Gasteiger partial charge on any atom is 0.133 e. The number of carbonyl (C=O) groups is 1. The summed E-state index contributed by atoms with van der Waals surface area (Å²) in [6.45, 7) is 14.0. The van der Waals surface area contributed by atoms with Gasteiger partial charge in [0.15, 0.2) is 0 Å². The maximum absolute atomic E-state index is 12.2. The molecular formula is C23H42O. The van der Waals surface area contributed by atoms with E-state index in [4.69, 9.17) is 0 Å². The van der Waals surface area contributed by atoms with Crippen molar-refractivity contribution in [3.05, 3.63) is 0 Å². The second kappa shape index (κ2) is 7.92. The van der Waals surface area contributed by atoms with Gasteiger partial charge in [0.05, 0.1) is 0 Å². The first-order chi connectivity index (χ1) is 11.2. The van der Waals surface area contributed by atoms with Crippen molar-refractivity contribution in [3.63, 3.8) is 0 Å². The first-order valence-electron chi connectivity index (χ1n) is 10.7. The highest BCUT2D eigenvalue weighted by Crippen LogP contribution is 2.55. The van der Waals surface area contributed by atoms with Gasteiger partial charge in [0, 0.05) is 5.92 Å². The highest BCUT2D eigenvalue weighted by atomic mass is 16.1. The molecule has 0 bridgehead atoms. The van der Waals surface area contributed by atoms with Crippen molar-refractivity contribution in [3.8, 4) is 0 Å². The lowest BCUT2D eigenvalue weighted by molar-refractivity contribution is -0.124. The molecule has 0 aromatic rings. The molecule has 2 saturated carbocycles. The second-order valence-electron chi connectivity index (χ2n) is 10.1. The highest BCUT2D eigenvalue weighted by molar-refractivity contribution is 5.79. The smallest absolute Gasteiger partial charge is 0.133 e. The predicted octanol–water partition coefficient (Wildman–Crippen LogP) is 7.04. The molecule has 2 aliphatic rings. The molecule has 0 aromatic carbocycles. The van der Waals surface area contributed by atoms with Crippen molar-refractivity contribution in [2.24, 2.45) is 34.5 Å². The molecule has 3 unspecified atom stereocenters. The number of rotatable bonds is 7. The van der Waals surface area contributed by atoms with E-state index in [0.29, 0.717) is 17.1 Å². The molecular weight excluding hydrogens is 292 g/mol. The standard InChI is InChI=1S/C23H42O/c1-7-15-23(6)20(13-14-21(23)18(3)24)17(2)11-12-19-10-8-9-16-22(19,4)5/h17,19-21H,7-16H2,1-6H3/t17?,19?,20?,21-,23+/m1/s1. The van der Waals surface area contributed by atoms with Gasteiger partial charge in [-0.05, 0) is 74.0 Å². The predicted molar refractivity (Wildman–Crippen MR) is 104 cm³/mol. The molecule has 1 nitrogen and oxygen atoms in total. The average Bonchev–Trinajstić information content (AvgIpc) is 2.83. The summed E-state index contributed by atoms with van der Waals surface area (Å²) < 4.78 is 0. The molecule has 0 amide bonds. The van der Waals surface area contributed by atoms with E-state index in [1.807, 2.05) is 6.92 Å². The lowest BCUT2D eigenvalue weighted by Gasteiger charge is -2.42. The van der Waals surface area contributed by atoms with Crippen molar-refractivity contribution >= 4 is 5.78 Å². The van der Waals surface area contributed by atoms with Gasteiger partial charge in [0.2, 0.25) is 0 Å². The summed E-state index contributed by atoms with van der Waals surface area (Å²) in [5.74, 6) is 3.18. The molecule has 5 atom stereocenters. The molecule has 0 aliphatic heterocycles. The van der Waals surface area contributed by atoms with Crippen LogP contribution in [0.5, 0.6) is 0 Å². The van der Waals surface area contributed by atoms with Gasteiger partial charge in [0.1, 0.15) is 5.78 Å². The normalized spacial score (nSPS) is 37.3. The number of ketones is 1. The van der Waals surface area contributed by atoms with Crippen LogP contribution in [-0.4, -0.2) is 5.78 Å². The molecule has 2 rings (SSSR count). The molecule has 1 heteroatoms. The van der Waals surface area contributed by atoms with E-state index < -0.39 is 0 Å². The van der Waals surface area contributed by atoms with E-state index >= 15 is 0 Å². The van der Waals surface area contributed by atoms with Crippen LogP contribution in [0, 0.1) is 34.5 Å². The summed E-state index contributed by atoms with van der Waals surface area (Å²) in [6.07, 6.45) is 13.3. The van der Waals surface area contributed by atoms with Gasteiger partial charge in [0.25, 0.3) is 0 Å². The number of hydrogen-bond donors (Lipinski definition) is 0.